The number of nitrogens with two attached hydrogens (primary N) is 1. The first-order chi connectivity index (χ1) is 9.07. The van der Waals surface area contributed by atoms with Gasteiger partial charge < -0.3 is 11.1 Å². The van der Waals surface area contributed by atoms with Crippen molar-refractivity contribution in [2.45, 2.75) is 78.2 Å². The highest BCUT2D eigenvalue weighted by molar-refractivity contribution is 5.83. The molecule has 3 nitrogen and oxygen atoms in total. The number of rotatable bonds is 7. The third-order valence-electron chi connectivity index (χ3n) is 4.60. The maximum Gasteiger partial charge on any atom is 0.227 e. The second-order valence-corrected chi connectivity index (χ2v) is 6.43. The molecule has 112 valence electrons. The zero-order valence-electron chi connectivity index (χ0n) is 13.0. The Morgan fingerprint density at radius 3 is 2.37 bits per heavy atom. The molecule has 1 rings (SSSR count). The van der Waals surface area contributed by atoms with Crippen LogP contribution in [0.15, 0.2) is 0 Å². The first-order valence-corrected chi connectivity index (χ1v) is 8.09. The summed E-state index contributed by atoms with van der Waals surface area (Å²) in [7, 11) is 0. The van der Waals surface area contributed by atoms with Crippen molar-refractivity contribution in [3.8, 4) is 0 Å². The SMILES string of the molecule is CCCC(CN)(CCC)C(=O)NC1CCCC(C)C1. The summed E-state index contributed by atoms with van der Waals surface area (Å²) in [5.41, 5.74) is 5.62. The molecule has 0 heterocycles. The lowest BCUT2D eigenvalue weighted by molar-refractivity contribution is -0.132. The van der Waals surface area contributed by atoms with E-state index in [4.69, 9.17) is 5.73 Å². The van der Waals surface area contributed by atoms with Gasteiger partial charge in [-0.25, -0.2) is 0 Å². The second-order valence-electron chi connectivity index (χ2n) is 6.43. The molecule has 1 aliphatic rings. The van der Waals surface area contributed by atoms with E-state index < -0.39 is 0 Å². The van der Waals surface area contributed by atoms with Crippen molar-refractivity contribution in [1.29, 1.82) is 0 Å². The average Bonchev–Trinajstić information content (AvgIpc) is 2.38. The summed E-state index contributed by atoms with van der Waals surface area (Å²) in [6, 6.07) is 0.371. The molecule has 1 saturated carbocycles. The summed E-state index contributed by atoms with van der Waals surface area (Å²) < 4.78 is 0. The van der Waals surface area contributed by atoms with Crippen molar-refractivity contribution >= 4 is 5.91 Å². The minimum atomic E-state index is -0.329. The van der Waals surface area contributed by atoms with Crippen molar-refractivity contribution in [2.75, 3.05) is 6.54 Å². The standard InChI is InChI=1S/C16H32N2O/c1-4-9-16(12-17,10-5-2)15(19)18-14-8-6-7-13(3)11-14/h13-14H,4-12,17H2,1-3H3,(H,18,19). The summed E-state index contributed by atoms with van der Waals surface area (Å²) in [5, 5.41) is 3.29. The molecule has 2 atom stereocenters. The number of hydrogen-bond donors (Lipinski definition) is 2. The molecule has 3 heteroatoms. The number of carbonyl (C=O) groups is 1. The molecule has 1 fully saturated rings. The van der Waals surface area contributed by atoms with Gasteiger partial charge >= 0.3 is 0 Å². The van der Waals surface area contributed by atoms with E-state index in [9.17, 15) is 4.79 Å². The Bertz CT molecular complexity index is 272. The van der Waals surface area contributed by atoms with Crippen LogP contribution in [0.2, 0.25) is 0 Å². The van der Waals surface area contributed by atoms with Gasteiger partial charge in [0.15, 0.2) is 0 Å². The van der Waals surface area contributed by atoms with Gasteiger partial charge in [-0.3, -0.25) is 4.79 Å². The summed E-state index contributed by atoms with van der Waals surface area (Å²) in [4.78, 5) is 12.7. The highest BCUT2D eigenvalue weighted by Gasteiger charge is 2.36. The average molecular weight is 268 g/mol. The van der Waals surface area contributed by atoms with Crippen molar-refractivity contribution in [2.24, 2.45) is 17.1 Å². The molecule has 0 saturated heterocycles. The summed E-state index contributed by atoms with van der Waals surface area (Å²) in [6.07, 6.45) is 8.66. The Kier molecular flexibility index (Phi) is 6.84. The number of amides is 1. The van der Waals surface area contributed by atoms with E-state index in [0.717, 1.165) is 44.4 Å². The van der Waals surface area contributed by atoms with Gasteiger partial charge in [-0.2, -0.15) is 0 Å². The molecular formula is C16H32N2O. The van der Waals surface area contributed by atoms with Gasteiger partial charge in [0.1, 0.15) is 0 Å². The van der Waals surface area contributed by atoms with Crippen LogP contribution in [0.3, 0.4) is 0 Å². The fourth-order valence-electron chi connectivity index (χ4n) is 3.51. The third kappa shape index (κ3) is 4.48. The Morgan fingerprint density at radius 1 is 1.26 bits per heavy atom. The van der Waals surface area contributed by atoms with Gasteiger partial charge in [0.25, 0.3) is 0 Å². The number of carbonyl (C=O) groups excluding carboxylic acids is 1. The Balaban J connectivity index is 2.65. The molecule has 0 aliphatic heterocycles. The van der Waals surface area contributed by atoms with Gasteiger partial charge in [0.05, 0.1) is 5.41 Å². The third-order valence-corrected chi connectivity index (χ3v) is 4.60. The van der Waals surface area contributed by atoms with E-state index in [2.05, 4.69) is 26.1 Å². The van der Waals surface area contributed by atoms with Crippen LogP contribution in [0.1, 0.15) is 72.1 Å². The molecule has 3 N–H and O–H groups in total. The smallest absolute Gasteiger partial charge is 0.227 e. The van der Waals surface area contributed by atoms with Gasteiger partial charge in [-0.1, -0.05) is 46.5 Å². The van der Waals surface area contributed by atoms with Crippen molar-refractivity contribution in [3.63, 3.8) is 0 Å². The minimum Gasteiger partial charge on any atom is -0.353 e. The predicted octanol–water partition coefficient (Wildman–Crippen LogP) is 3.23. The highest BCUT2D eigenvalue weighted by Crippen LogP contribution is 2.31. The Hall–Kier alpha value is -0.570. The number of hydrogen-bond acceptors (Lipinski definition) is 2. The number of nitrogens with one attached hydrogen (secondary N) is 1. The first-order valence-electron chi connectivity index (χ1n) is 8.09. The van der Waals surface area contributed by atoms with Crippen LogP contribution in [0, 0.1) is 11.3 Å². The van der Waals surface area contributed by atoms with Crippen LogP contribution in [0.5, 0.6) is 0 Å². The summed E-state index contributed by atoms with van der Waals surface area (Å²) in [5.74, 6) is 0.946. The molecule has 0 spiro atoms. The fourth-order valence-corrected chi connectivity index (χ4v) is 3.51. The molecule has 0 bridgehead atoms. The molecule has 1 amide bonds. The van der Waals surface area contributed by atoms with Gasteiger partial charge in [0, 0.05) is 12.6 Å². The van der Waals surface area contributed by atoms with Crippen LogP contribution >= 0.6 is 0 Å². The fraction of sp³-hybridized carbons (Fsp3) is 0.938. The van der Waals surface area contributed by atoms with Gasteiger partial charge in [-0.15, -0.1) is 0 Å². The van der Waals surface area contributed by atoms with Gasteiger partial charge in [0.2, 0.25) is 5.91 Å². The molecule has 2 unspecified atom stereocenters. The summed E-state index contributed by atoms with van der Waals surface area (Å²) >= 11 is 0. The van der Waals surface area contributed by atoms with Crippen molar-refractivity contribution in [3.05, 3.63) is 0 Å². The normalized spacial score (nSPS) is 24.2. The maximum absolute atomic E-state index is 12.7. The molecular weight excluding hydrogens is 236 g/mol. The van der Waals surface area contributed by atoms with E-state index in [1.165, 1.54) is 12.8 Å². The van der Waals surface area contributed by atoms with Crippen molar-refractivity contribution < 1.29 is 4.79 Å². The molecule has 19 heavy (non-hydrogen) atoms. The summed E-state index contributed by atoms with van der Waals surface area (Å²) in [6.45, 7) is 7.03. The lowest BCUT2D eigenvalue weighted by atomic mass is 9.77. The quantitative estimate of drug-likeness (QED) is 0.745. The Labute approximate surface area is 118 Å². The van der Waals surface area contributed by atoms with Crippen LogP contribution in [0.25, 0.3) is 0 Å². The zero-order chi connectivity index (χ0) is 14.3. The largest absolute Gasteiger partial charge is 0.353 e. The maximum atomic E-state index is 12.7. The zero-order valence-corrected chi connectivity index (χ0v) is 13.0. The van der Waals surface area contributed by atoms with Crippen LogP contribution < -0.4 is 11.1 Å². The highest BCUT2D eigenvalue weighted by atomic mass is 16.2. The van der Waals surface area contributed by atoms with E-state index in [0.29, 0.717) is 12.6 Å². The first kappa shape index (κ1) is 16.5. The molecule has 0 aromatic heterocycles. The van der Waals surface area contributed by atoms with Crippen LogP contribution in [0.4, 0.5) is 0 Å². The van der Waals surface area contributed by atoms with Crippen LogP contribution in [-0.4, -0.2) is 18.5 Å². The van der Waals surface area contributed by atoms with E-state index in [1.54, 1.807) is 0 Å². The van der Waals surface area contributed by atoms with E-state index in [-0.39, 0.29) is 11.3 Å². The monoisotopic (exact) mass is 268 g/mol. The topological polar surface area (TPSA) is 55.1 Å². The Morgan fingerprint density at radius 2 is 1.89 bits per heavy atom. The molecule has 1 aliphatic carbocycles. The van der Waals surface area contributed by atoms with Gasteiger partial charge in [-0.05, 0) is 31.6 Å². The predicted molar refractivity (Wildman–Crippen MR) is 80.9 cm³/mol. The lowest BCUT2D eigenvalue weighted by Crippen LogP contribution is -2.50. The molecule has 0 aromatic rings. The molecule has 0 radical (unpaired) electrons. The van der Waals surface area contributed by atoms with E-state index in [1.807, 2.05) is 0 Å². The van der Waals surface area contributed by atoms with Crippen molar-refractivity contribution in [1.82, 2.24) is 5.32 Å². The molecule has 0 aromatic carbocycles. The van der Waals surface area contributed by atoms with E-state index >= 15 is 0 Å². The lowest BCUT2D eigenvalue weighted by Gasteiger charge is -2.35. The minimum absolute atomic E-state index is 0.206. The second kappa shape index (κ2) is 7.88. The van der Waals surface area contributed by atoms with Crippen LogP contribution in [-0.2, 0) is 4.79 Å².